The highest BCUT2D eigenvalue weighted by molar-refractivity contribution is 5.76. The third-order valence-corrected chi connectivity index (χ3v) is 11.0. The molecule has 2 atom stereocenters. The maximum Gasteiger partial charge on any atom is 0.220 e. The molecule has 0 saturated heterocycles. The number of aliphatic hydroxyl groups is 2. The van der Waals surface area contributed by atoms with Crippen LogP contribution < -0.4 is 5.32 Å². The lowest BCUT2D eigenvalue weighted by atomic mass is 10.0. The minimum atomic E-state index is -0.833. The highest BCUT2D eigenvalue weighted by Crippen LogP contribution is 2.17. The molecule has 0 saturated carbocycles. The van der Waals surface area contributed by atoms with E-state index in [1.165, 1.54) is 218 Å². The van der Waals surface area contributed by atoms with Crippen molar-refractivity contribution in [1.29, 1.82) is 0 Å². The zero-order chi connectivity index (χ0) is 37.1. The second-order valence-electron chi connectivity index (χ2n) is 16.2. The SMILES string of the molecule is CCCCCCCCCCCCCCC/C=C/C(O)C(CO)NC(=O)CCCCCCCCCCCCCCCCCCCCCCCCCC. The first-order chi connectivity index (χ1) is 25.2. The van der Waals surface area contributed by atoms with Crippen LogP contribution in [0, 0.1) is 0 Å². The Labute approximate surface area is 320 Å². The van der Waals surface area contributed by atoms with Gasteiger partial charge in [0.2, 0.25) is 5.91 Å². The van der Waals surface area contributed by atoms with Gasteiger partial charge >= 0.3 is 0 Å². The van der Waals surface area contributed by atoms with Gasteiger partial charge in [0.05, 0.1) is 18.8 Å². The summed E-state index contributed by atoms with van der Waals surface area (Å²) in [7, 11) is 0. The van der Waals surface area contributed by atoms with Crippen LogP contribution in [0.5, 0.6) is 0 Å². The highest BCUT2D eigenvalue weighted by Gasteiger charge is 2.18. The zero-order valence-electron chi connectivity index (χ0n) is 34.9. The van der Waals surface area contributed by atoms with Crippen molar-refractivity contribution in [3.05, 3.63) is 12.2 Å². The lowest BCUT2D eigenvalue weighted by Crippen LogP contribution is -2.45. The molecule has 1 amide bonds. The van der Waals surface area contributed by atoms with Gasteiger partial charge in [-0.25, -0.2) is 0 Å². The summed E-state index contributed by atoms with van der Waals surface area (Å²) in [6.07, 6.45) is 54.7. The summed E-state index contributed by atoms with van der Waals surface area (Å²) in [5.74, 6) is -0.0585. The van der Waals surface area contributed by atoms with Crippen molar-refractivity contribution >= 4 is 5.91 Å². The van der Waals surface area contributed by atoms with Crippen molar-refractivity contribution in [3.63, 3.8) is 0 Å². The summed E-state index contributed by atoms with van der Waals surface area (Å²) < 4.78 is 0. The predicted octanol–water partition coefficient (Wildman–Crippen LogP) is 14.6. The van der Waals surface area contributed by atoms with Crippen LogP contribution in [0.2, 0.25) is 0 Å². The van der Waals surface area contributed by atoms with Gasteiger partial charge in [-0.05, 0) is 19.3 Å². The van der Waals surface area contributed by atoms with Gasteiger partial charge < -0.3 is 15.5 Å². The van der Waals surface area contributed by atoms with Gasteiger partial charge in [0.15, 0.2) is 0 Å². The number of allylic oxidation sites excluding steroid dienone is 1. The first-order valence-electron chi connectivity index (χ1n) is 23.4. The molecule has 0 bridgehead atoms. The molecule has 0 heterocycles. The van der Waals surface area contributed by atoms with Crippen LogP contribution in [0.1, 0.15) is 264 Å². The molecule has 0 radical (unpaired) electrons. The summed E-state index contributed by atoms with van der Waals surface area (Å²) >= 11 is 0. The van der Waals surface area contributed by atoms with E-state index in [4.69, 9.17) is 0 Å². The monoisotopic (exact) mass is 720 g/mol. The van der Waals surface area contributed by atoms with Crippen LogP contribution in [-0.4, -0.2) is 34.9 Å². The molecule has 0 rings (SSSR count). The number of aliphatic hydroxyl groups excluding tert-OH is 2. The largest absolute Gasteiger partial charge is 0.394 e. The average Bonchev–Trinajstić information content (AvgIpc) is 3.13. The number of amides is 1. The topological polar surface area (TPSA) is 69.6 Å². The molecule has 2 unspecified atom stereocenters. The minimum Gasteiger partial charge on any atom is -0.394 e. The summed E-state index contributed by atoms with van der Waals surface area (Å²) in [5, 5.41) is 23.0. The van der Waals surface area contributed by atoms with Crippen molar-refractivity contribution in [3.8, 4) is 0 Å². The molecule has 4 nitrogen and oxygen atoms in total. The Hall–Kier alpha value is -0.870. The highest BCUT2D eigenvalue weighted by atomic mass is 16.3. The molecule has 0 fully saturated rings. The molecule has 51 heavy (non-hydrogen) atoms. The second kappa shape index (κ2) is 43.5. The Bertz CT molecular complexity index is 695. The lowest BCUT2D eigenvalue weighted by molar-refractivity contribution is -0.123. The summed E-state index contributed by atoms with van der Waals surface area (Å²) in [6, 6.07) is -0.616. The quantitative estimate of drug-likeness (QED) is 0.0434. The normalized spacial score (nSPS) is 12.9. The van der Waals surface area contributed by atoms with Gasteiger partial charge in [0, 0.05) is 6.42 Å². The van der Waals surface area contributed by atoms with Crippen LogP contribution in [0.25, 0.3) is 0 Å². The summed E-state index contributed by atoms with van der Waals surface area (Å²) in [6.45, 7) is 4.33. The average molecular weight is 720 g/mol. The van der Waals surface area contributed by atoms with Gasteiger partial charge in [-0.2, -0.15) is 0 Å². The van der Waals surface area contributed by atoms with E-state index in [0.717, 1.165) is 25.7 Å². The van der Waals surface area contributed by atoms with Gasteiger partial charge in [0.25, 0.3) is 0 Å². The second-order valence-corrected chi connectivity index (χ2v) is 16.2. The molecule has 0 aromatic rings. The molecule has 0 aliphatic carbocycles. The van der Waals surface area contributed by atoms with Gasteiger partial charge in [-0.3, -0.25) is 4.79 Å². The van der Waals surface area contributed by atoms with E-state index in [0.29, 0.717) is 6.42 Å². The number of unbranched alkanes of at least 4 members (excludes halogenated alkanes) is 36. The van der Waals surface area contributed by atoms with E-state index in [1.807, 2.05) is 6.08 Å². The van der Waals surface area contributed by atoms with E-state index in [1.54, 1.807) is 6.08 Å². The Morgan fingerprint density at radius 1 is 0.451 bits per heavy atom. The number of hydrogen-bond acceptors (Lipinski definition) is 3. The molecule has 0 aliphatic rings. The molecule has 0 aromatic heterocycles. The van der Waals surface area contributed by atoms with E-state index in [9.17, 15) is 15.0 Å². The Morgan fingerprint density at radius 3 is 1.02 bits per heavy atom. The Morgan fingerprint density at radius 2 is 0.725 bits per heavy atom. The maximum absolute atomic E-state index is 12.4. The number of carbonyl (C=O) groups excluding carboxylic acids is 1. The Kier molecular flexibility index (Phi) is 42.8. The fourth-order valence-corrected chi connectivity index (χ4v) is 7.42. The van der Waals surface area contributed by atoms with Crippen LogP contribution in [-0.2, 0) is 4.79 Å². The summed E-state index contributed by atoms with van der Waals surface area (Å²) in [4.78, 5) is 12.4. The van der Waals surface area contributed by atoms with Crippen molar-refractivity contribution in [2.45, 2.75) is 276 Å². The number of hydrogen-bond donors (Lipinski definition) is 3. The standard InChI is InChI=1S/C47H93NO3/c1-3-5-7-9-11-13-15-17-19-20-21-22-23-24-25-26-27-29-31-33-35-37-39-41-43-47(51)48-45(44-49)46(50)42-40-38-36-34-32-30-28-18-16-14-12-10-8-6-4-2/h40,42,45-46,49-50H,3-39,41,43-44H2,1-2H3,(H,48,51)/b42-40+. The van der Waals surface area contributed by atoms with Crippen LogP contribution >= 0.6 is 0 Å². The molecule has 304 valence electrons. The van der Waals surface area contributed by atoms with Crippen LogP contribution in [0.15, 0.2) is 12.2 Å². The summed E-state index contributed by atoms with van der Waals surface area (Å²) in [5.41, 5.74) is 0. The minimum absolute atomic E-state index is 0.0585. The fraction of sp³-hybridized carbons (Fsp3) is 0.936. The zero-order valence-corrected chi connectivity index (χ0v) is 34.9. The molecule has 0 aliphatic heterocycles. The van der Waals surface area contributed by atoms with Crippen molar-refractivity contribution in [1.82, 2.24) is 5.32 Å². The third kappa shape index (κ3) is 40.2. The molecule has 0 aromatic carbocycles. The van der Waals surface area contributed by atoms with Gasteiger partial charge in [-0.15, -0.1) is 0 Å². The van der Waals surface area contributed by atoms with Crippen molar-refractivity contribution in [2.75, 3.05) is 6.61 Å². The molecule has 4 heteroatoms. The molecular formula is C47H93NO3. The van der Waals surface area contributed by atoms with Crippen LogP contribution in [0.3, 0.4) is 0 Å². The van der Waals surface area contributed by atoms with E-state index < -0.39 is 12.1 Å². The lowest BCUT2D eigenvalue weighted by Gasteiger charge is -2.20. The third-order valence-electron chi connectivity index (χ3n) is 11.0. The first-order valence-corrected chi connectivity index (χ1v) is 23.4. The Balaban J connectivity index is 3.47. The predicted molar refractivity (Wildman–Crippen MR) is 226 cm³/mol. The molecule has 3 N–H and O–H groups in total. The smallest absolute Gasteiger partial charge is 0.220 e. The van der Waals surface area contributed by atoms with Gasteiger partial charge in [0.1, 0.15) is 0 Å². The molecular weight excluding hydrogens is 627 g/mol. The molecule has 0 spiro atoms. The van der Waals surface area contributed by atoms with E-state index in [2.05, 4.69) is 19.2 Å². The fourth-order valence-electron chi connectivity index (χ4n) is 7.42. The van der Waals surface area contributed by atoms with Crippen LogP contribution in [0.4, 0.5) is 0 Å². The number of nitrogens with one attached hydrogen (secondary N) is 1. The maximum atomic E-state index is 12.4. The van der Waals surface area contributed by atoms with Crippen molar-refractivity contribution < 1.29 is 15.0 Å². The van der Waals surface area contributed by atoms with E-state index >= 15 is 0 Å². The number of rotatable bonds is 43. The van der Waals surface area contributed by atoms with E-state index in [-0.39, 0.29) is 12.5 Å². The van der Waals surface area contributed by atoms with Gasteiger partial charge in [-0.1, -0.05) is 251 Å². The number of carbonyl (C=O) groups is 1. The first kappa shape index (κ1) is 50.1. The van der Waals surface area contributed by atoms with Crippen molar-refractivity contribution in [2.24, 2.45) is 0 Å².